The van der Waals surface area contributed by atoms with Crippen molar-refractivity contribution < 1.29 is 19.4 Å². The maximum Gasteiger partial charge on any atom is 0.269 e. The number of carbonyl (C=O) groups is 2. The molecular formula is C17H12N6O6S3. The van der Waals surface area contributed by atoms with E-state index >= 15 is 0 Å². The number of thiocarbonyl (C=S) groups is 3. The van der Waals surface area contributed by atoms with Crippen molar-refractivity contribution >= 4 is 75.2 Å². The summed E-state index contributed by atoms with van der Waals surface area (Å²) in [5.41, 5.74) is -0.0807. The summed E-state index contributed by atoms with van der Waals surface area (Å²) in [7, 11) is 0. The van der Waals surface area contributed by atoms with Crippen LogP contribution in [0.25, 0.3) is 0 Å². The summed E-state index contributed by atoms with van der Waals surface area (Å²) in [4.78, 5) is 44.3. The second-order valence-electron chi connectivity index (χ2n) is 5.75. The molecule has 0 heterocycles. The number of hydrogen-bond acceptors (Lipinski definition) is 9. The fraction of sp³-hybridized carbons (Fsp3) is 0. The minimum Gasteiger partial charge on any atom is -0.309 e. The van der Waals surface area contributed by atoms with Gasteiger partial charge in [0.25, 0.3) is 23.2 Å². The number of amides is 2. The predicted molar refractivity (Wildman–Crippen MR) is 125 cm³/mol. The van der Waals surface area contributed by atoms with Gasteiger partial charge in [0.05, 0.1) is 9.85 Å². The molecule has 164 valence electrons. The lowest BCUT2D eigenvalue weighted by Gasteiger charge is -2.13. The predicted octanol–water partition coefficient (Wildman–Crippen LogP) is 1.70. The second-order valence-corrected chi connectivity index (χ2v) is 6.98. The molecule has 0 aliphatic carbocycles. The number of rotatable bonds is 4. The van der Waals surface area contributed by atoms with Crippen LogP contribution in [0.3, 0.4) is 0 Å². The summed E-state index contributed by atoms with van der Waals surface area (Å²) in [5.74, 6) is -1.26. The van der Waals surface area contributed by atoms with E-state index in [0.717, 1.165) is 0 Å². The van der Waals surface area contributed by atoms with E-state index in [1.54, 1.807) is 0 Å². The molecular weight excluding hydrogens is 480 g/mol. The molecule has 0 aliphatic heterocycles. The monoisotopic (exact) mass is 492 g/mol. The standard InChI is InChI=1S/C17H12N6O6S3/c24-13(9-1-5-11(6-2-9)22(26)27)18-15(30)20-17(32)21-16(31)19-14(25)10-3-7-12(8-4-10)23(28)29/h1-8H,(H4,18,19,20,21,24,25,30,31,32). The minimum atomic E-state index is -0.630. The van der Waals surface area contributed by atoms with Crippen molar-refractivity contribution in [3.8, 4) is 0 Å². The topological polar surface area (TPSA) is 169 Å². The number of non-ortho nitro benzene ring substituents is 2. The van der Waals surface area contributed by atoms with Gasteiger partial charge in [0.15, 0.2) is 15.3 Å². The Morgan fingerprint density at radius 1 is 0.594 bits per heavy atom. The summed E-state index contributed by atoms with van der Waals surface area (Å²) < 4.78 is 0. The van der Waals surface area contributed by atoms with E-state index in [1.165, 1.54) is 48.5 Å². The van der Waals surface area contributed by atoms with Crippen molar-refractivity contribution in [2.24, 2.45) is 0 Å². The highest BCUT2D eigenvalue weighted by atomic mass is 32.1. The van der Waals surface area contributed by atoms with Crippen LogP contribution in [-0.4, -0.2) is 37.0 Å². The maximum absolute atomic E-state index is 12.1. The number of nitro benzene ring substituents is 2. The summed E-state index contributed by atoms with van der Waals surface area (Å²) in [6, 6.07) is 9.72. The summed E-state index contributed by atoms with van der Waals surface area (Å²) in [6.45, 7) is 0. The van der Waals surface area contributed by atoms with Crippen LogP contribution in [0.4, 0.5) is 11.4 Å². The van der Waals surface area contributed by atoms with Crippen molar-refractivity contribution in [3.05, 3.63) is 79.9 Å². The van der Waals surface area contributed by atoms with E-state index in [4.69, 9.17) is 36.7 Å². The molecule has 0 aromatic heterocycles. The van der Waals surface area contributed by atoms with Crippen molar-refractivity contribution in [2.75, 3.05) is 0 Å². The lowest BCUT2D eigenvalue weighted by Crippen LogP contribution is -2.51. The minimum absolute atomic E-state index is 0.129. The van der Waals surface area contributed by atoms with E-state index in [-0.39, 0.29) is 37.8 Å². The Morgan fingerprint density at radius 2 is 0.875 bits per heavy atom. The van der Waals surface area contributed by atoms with Crippen molar-refractivity contribution in [1.82, 2.24) is 21.3 Å². The molecule has 4 N–H and O–H groups in total. The summed E-state index contributed by atoms with van der Waals surface area (Å²) in [6.07, 6.45) is 0. The van der Waals surface area contributed by atoms with Gasteiger partial charge in [-0.05, 0) is 60.9 Å². The van der Waals surface area contributed by atoms with Gasteiger partial charge >= 0.3 is 0 Å². The molecule has 2 aromatic rings. The number of carbonyl (C=O) groups excluding carboxylic acids is 2. The van der Waals surface area contributed by atoms with Gasteiger partial charge in [-0.15, -0.1) is 0 Å². The molecule has 0 atom stereocenters. The molecule has 12 nitrogen and oxygen atoms in total. The van der Waals surface area contributed by atoms with Crippen molar-refractivity contribution in [2.45, 2.75) is 0 Å². The molecule has 2 rings (SSSR count). The van der Waals surface area contributed by atoms with Crippen molar-refractivity contribution in [3.63, 3.8) is 0 Å². The highest BCUT2D eigenvalue weighted by molar-refractivity contribution is 7.82. The Labute approximate surface area is 195 Å². The van der Waals surface area contributed by atoms with Crippen LogP contribution < -0.4 is 21.3 Å². The normalized spacial score (nSPS) is 9.75. The quantitative estimate of drug-likeness (QED) is 0.278. The fourth-order valence-corrected chi connectivity index (χ4v) is 2.84. The van der Waals surface area contributed by atoms with Crippen LogP contribution >= 0.6 is 36.7 Å². The molecule has 0 bridgehead atoms. The number of nitrogens with one attached hydrogen (secondary N) is 4. The molecule has 0 radical (unpaired) electrons. The third-order valence-electron chi connectivity index (χ3n) is 3.59. The molecule has 0 unspecified atom stereocenters. The Morgan fingerprint density at radius 3 is 1.16 bits per heavy atom. The third-order valence-corrected chi connectivity index (χ3v) is 4.20. The Hall–Kier alpha value is -3.95. The first-order valence-corrected chi connectivity index (χ1v) is 9.57. The maximum atomic E-state index is 12.1. The van der Waals surface area contributed by atoms with Gasteiger partial charge in [0.2, 0.25) is 0 Å². The van der Waals surface area contributed by atoms with E-state index in [9.17, 15) is 29.8 Å². The van der Waals surface area contributed by atoms with Crippen LogP contribution in [-0.2, 0) is 0 Å². The summed E-state index contributed by atoms with van der Waals surface area (Å²) >= 11 is 14.9. The van der Waals surface area contributed by atoms with Crippen LogP contribution in [0, 0.1) is 20.2 Å². The van der Waals surface area contributed by atoms with E-state index < -0.39 is 21.7 Å². The molecule has 0 saturated heterocycles. The molecule has 0 spiro atoms. The first-order chi connectivity index (χ1) is 15.1. The van der Waals surface area contributed by atoms with E-state index in [0.29, 0.717) is 0 Å². The van der Waals surface area contributed by atoms with Gasteiger partial charge in [-0.1, -0.05) is 0 Å². The molecule has 32 heavy (non-hydrogen) atoms. The largest absolute Gasteiger partial charge is 0.309 e. The van der Waals surface area contributed by atoms with Crippen LogP contribution in [0.1, 0.15) is 20.7 Å². The van der Waals surface area contributed by atoms with Crippen LogP contribution in [0.15, 0.2) is 48.5 Å². The van der Waals surface area contributed by atoms with Crippen LogP contribution in [0.2, 0.25) is 0 Å². The van der Waals surface area contributed by atoms with E-state index in [2.05, 4.69) is 21.3 Å². The molecule has 0 aliphatic rings. The number of nitro groups is 2. The number of nitrogens with zero attached hydrogens (tertiary/aromatic N) is 2. The van der Waals surface area contributed by atoms with Crippen LogP contribution in [0.5, 0.6) is 0 Å². The smallest absolute Gasteiger partial charge is 0.269 e. The van der Waals surface area contributed by atoms with Gasteiger partial charge in [-0.2, -0.15) is 0 Å². The lowest BCUT2D eigenvalue weighted by molar-refractivity contribution is -0.385. The second kappa shape index (κ2) is 10.9. The Bertz CT molecular complexity index is 1030. The lowest BCUT2D eigenvalue weighted by atomic mass is 10.2. The van der Waals surface area contributed by atoms with Gasteiger partial charge in [-0.25, -0.2) is 0 Å². The molecule has 2 aromatic carbocycles. The zero-order valence-electron chi connectivity index (χ0n) is 15.7. The van der Waals surface area contributed by atoms with Gasteiger partial charge in [0.1, 0.15) is 0 Å². The highest BCUT2D eigenvalue weighted by Crippen LogP contribution is 2.12. The molecule has 15 heteroatoms. The SMILES string of the molecule is O=C(NC(=S)NC(=S)NC(=S)NC(=O)c1ccc([N+](=O)[O-])cc1)c1ccc([N+](=O)[O-])cc1. The summed E-state index contributed by atoms with van der Waals surface area (Å²) in [5, 5.41) is 30.4. The van der Waals surface area contributed by atoms with Crippen molar-refractivity contribution in [1.29, 1.82) is 0 Å². The molecule has 0 fully saturated rings. The van der Waals surface area contributed by atoms with Gasteiger partial charge < -0.3 is 10.6 Å². The highest BCUT2D eigenvalue weighted by Gasteiger charge is 2.14. The zero-order valence-corrected chi connectivity index (χ0v) is 18.1. The number of hydrogen-bond donors (Lipinski definition) is 4. The van der Waals surface area contributed by atoms with Gasteiger partial charge in [-0.3, -0.25) is 40.5 Å². The average molecular weight is 493 g/mol. The Balaban J connectivity index is 1.82. The Kier molecular flexibility index (Phi) is 8.28. The molecule has 0 saturated carbocycles. The van der Waals surface area contributed by atoms with E-state index in [1.807, 2.05) is 0 Å². The first kappa shape index (κ1) is 24.3. The first-order valence-electron chi connectivity index (χ1n) is 8.34. The third kappa shape index (κ3) is 7.08. The van der Waals surface area contributed by atoms with Gasteiger partial charge in [0, 0.05) is 35.4 Å². The average Bonchev–Trinajstić information content (AvgIpc) is 2.73. The molecule has 2 amide bonds. The zero-order chi connectivity index (χ0) is 23.8. The number of benzene rings is 2. The fourth-order valence-electron chi connectivity index (χ4n) is 2.12.